The number of nitrogens with zero attached hydrogens (tertiary/aromatic N) is 1. The van der Waals surface area contributed by atoms with Gasteiger partial charge in [0.05, 0.1) is 12.8 Å². The van der Waals surface area contributed by atoms with Gasteiger partial charge in [-0.1, -0.05) is 27.5 Å². The highest BCUT2D eigenvalue weighted by Crippen LogP contribution is 2.30. The molecular weight excluding hydrogens is 380 g/mol. The molecule has 0 bridgehead atoms. The van der Waals surface area contributed by atoms with E-state index in [-0.39, 0.29) is 21.5 Å². The highest BCUT2D eigenvalue weighted by molar-refractivity contribution is 9.10. The van der Waals surface area contributed by atoms with Crippen molar-refractivity contribution in [2.24, 2.45) is 0 Å². The van der Waals surface area contributed by atoms with Crippen molar-refractivity contribution in [2.45, 2.75) is 11.8 Å². The summed E-state index contributed by atoms with van der Waals surface area (Å²) in [6.45, 7) is 1.79. The summed E-state index contributed by atoms with van der Waals surface area (Å²) in [5.41, 5.74) is 1.01. The molecule has 112 valence electrons. The first kappa shape index (κ1) is 16.1. The number of anilines is 1. The van der Waals surface area contributed by atoms with Crippen LogP contribution in [0, 0.1) is 6.92 Å². The number of hydrogen-bond acceptors (Lipinski definition) is 4. The first-order chi connectivity index (χ1) is 9.83. The Balaban J connectivity index is 2.48. The SMILES string of the molecule is COc1ccc(Br)cc1S(=O)(=O)Nc1cc(C)cnc1Cl. The highest BCUT2D eigenvalue weighted by Gasteiger charge is 2.21. The molecule has 1 aromatic carbocycles. The van der Waals surface area contributed by atoms with Crippen LogP contribution in [0.5, 0.6) is 5.75 Å². The smallest absolute Gasteiger partial charge is 0.265 e. The quantitative estimate of drug-likeness (QED) is 0.808. The molecule has 2 aromatic rings. The summed E-state index contributed by atoms with van der Waals surface area (Å²) >= 11 is 9.16. The molecule has 2 rings (SSSR count). The van der Waals surface area contributed by atoms with Crippen molar-refractivity contribution in [3.8, 4) is 5.75 Å². The van der Waals surface area contributed by atoms with Crippen LogP contribution in [-0.2, 0) is 10.0 Å². The maximum atomic E-state index is 12.5. The van der Waals surface area contributed by atoms with E-state index in [2.05, 4.69) is 25.6 Å². The number of hydrogen-bond donors (Lipinski definition) is 1. The van der Waals surface area contributed by atoms with Gasteiger partial charge in [0.1, 0.15) is 10.6 Å². The minimum absolute atomic E-state index is 0.0111. The number of pyridine rings is 1. The number of nitrogens with one attached hydrogen (secondary N) is 1. The summed E-state index contributed by atoms with van der Waals surface area (Å²) in [5.74, 6) is 0.238. The number of rotatable bonds is 4. The number of halogens is 2. The second-order valence-corrected chi connectivity index (χ2v) is 7.18. The highest BCUT2D eigenvalue weighted by atomic mass is 79.9. The predicted octanol–water partition coefficient (Wildman–Crippen LogP) is 3.62. The molecule has 5 nitrogen and oxygen atoms in total. The maximum Gasteiger partial charge on any atom is 0.265 e. The molecule has 0 unspecified atom stereocenters. The Morgan fingerprint density at radius 1 is 1.33 bits per heavy atom. The molecule has 0 saturated heterocycles. The van der Waals surface area contributed by atoms with Crippen molar-refractivity contribution < 1.29 is 13.2 Å². The molecule has 0 amide bonds. The fraction of sp³-hybridized carbons (Fsp3) is 0.154. The zero-order valence-electron chi connectivity index (χ0n) is 11.2. The zero-order valence-corrected chi connectivity index (χ0v) is 14.4. The van der Waals surface area contributed by atoms with Crippen molar-refractivity contribution in [2.75, 3.05) is 11.8 Å². The summed E-state index contributed by atoms with van der Waals surface area (Å²) in [6.07, 6.45) is 1.56. The largest absolute Gasteiger partial charge is 0.495 e. The molecule has 0 fully saturated rings. The Bertz CT molecular complexity index is 781. The standard InChI is InChI=1S/C13H12BrClN2O3S/c1-8-5-10(13(15)16-7-8)17-21(18,19)12-6-9(14)3-4-11(12)20-2/h3-7,17H,1-2H3. The molecule has 21 heavy (non-hydrogen) atoms. The van der Waals surface area contributed by atoms with Gasteiger partial charge < -0.3 is 4.74 Å². The lowest BCUT2D eigenvalue weighted by molar-refractivity contribution is 0.403. The molecule has 0 saturated carbocycles. The number of benzene rings is 1. The van der Waals surface area contributed by atoms with Crippen LogP contribution in [0.15, 0.2) is 39.8 Å². The van der Waals surface area contributed by atoms with Crippen LogP contribution in [0.2, 0.25) is 5.15 Å². The molecule has 8 heteroatoms. The Morgan fingerprint density at radius 2 is 2.05 bits per heavy atom. The van der Waals surface area contributed by atoms with Gasteiger partial charge >= 0.3 is 0 Å². The molecule has 0 aliphatic carbocycles. The number of aromatic nitrogens is 1. The third kappa shape index (κ3) is 3.66. The van der Waals surface area contributed by atoms with Crippen LogP contribution in [-0.4, -0.2) is 20.5 Å². The summed E-state index contributed by atoms with van der Waals surface area (Å²) in [7, 11) is -2.44. The number of ether oxygens (including phenoxy) is 1. The molecule has 0 aliphatic heterocycles. The van der Waals surface area contributed by atoms with Crippen LogP contribution < -0.4 is 9.46 Å². The van der Waals surface area contributed by atoms with Crippen molar-refractivity contribution in [3.63, 3.8) is 0 Å². The third-order valence-electron chi connectivity index (χ3n) is 2.64. The lowest BCUT2D eigenvalue weighted by atomic mass is 10.3. The van der Waals surface area contributed by atoms with Crippen LogP contribution in [0.1, 0.15) is 5.56 Å². The summed E-state index contributed by atoms with van der Waals surface area (Å²) in [6, 6.07) is 6.32. The van der Waals surface area contributed by atoms with Gasteiger partial charge in [-0.3, -0.25) is 4.72 Å². The van der Waals surface area contributed by atoms with Gasteiger partial charge in [0, 0.05) is 10.7 Å². The second-order valence-electron chi connectivity index (χ2n) is 4.25. The van der Waals surface area contributed by atoms with Crippen LogP contribution in [0.3, 0.4) is 0 Å². The van der Waals surface area contributed by atoms with Crippen molar-refractivity contribution in [1.29, 1.82) is 0 Å². The molecule has 0 aliphatic rings. The number of aryl methyl sites for hydroxylation is 1. The predicted molar refractivity (Wildman–Crippen MR) is 85.5 cm³/mol. The minimum Gasteiger partial charge on any atom is -0.495 e. The van der Waals surface area contributed by atoms with Gasteiger partial charge in [-0.15, -0.1) is 0 Å². The molecule has 0 spiro atoms. The molecule has 0 radical (unpaired) electrons. The first-order valence-electron chi connectivity index (χ1n) is 5.82. The van der Waals surface area contributed by atoms with Crippen LogP contribution >= 0.6 is 27.5 Å². The summed E-state index contributed by atoms with van der Waals surface area (Å²) in [4.78, 5) is 3.93. The van der Waals surface area contributed by atoms with E-state index < -0.39 is 10.0 Å². The molecule has 1 heterocycles. The van der Waals surface area contributed by atoms with Gasteiger partial charge in [0.15, 0.2) is 5.15 Å². The van der Waals surface area contributed by atoms with E-state index in [0.717, 1.165) is 5.56 Å². The van der Waals surface area contributed by atoms with Gasteiger partial charge in [-0.2, -0.15) is 0 Å². The monoisotopic (exact) mass is 390 g/mol. The average Bonchev–Trinajstić information content (AvgIpc) is 2.42. The van der Waals surface area contributed by atoms with Crippen LogP contribution in [0.25, 0.3) is 0 Å². The fourth-order valence-corrected chi connectivity index (χ4v) is 3.66. The number of sulfonamides is 1. The second kappa shape index (κ2) is 6.21. The lowest BCUT2D eigenvalue weighted by Crippen LogP contribution is -2.14. The minimum atomic E-state index is -3.85. The Labute approximate surface area is 136 Å². The molecule has 1 aromatic heterocycles. The van der Waals surface area contributed by atoms with Crippen LogP contribution in [0.4, 0.5) is 5.69 Å². The van der Waals surface area contributed by atoms with Crippen molar-refractivity contribution in [3.05, 3.63) is 45.7 Å². The Kier molecular flexibility index (Phi) is 4.75. The zero-order chi connectivity index (χ0) is 15.6. The fourth-order valence-electron chi connectivity index (χ4n) is 1.68. The summed E-state index contributed by atoms with van der Waals surface area (Å²) < 4.78 is 33.1. The van der Waals surface area contributed by atoms with Crippen molar-refractivity contribution in [1.82, 2.24) is 4.98 Å². The van der Waals surface area contributed by atoms with E-state index in [1.807, 2.05) is 0 Å². The Morgan fingerprint density at radius 3 is 2.71 bits per heavy atom. The first-order valence-corrected chi connectivity index (χ1v) is 8.47. The molecular formula is C13H12BrClN2O3S. The van der Waals surface area contributed by atoms with E-state index in [1.165, 1.54) is 13.2 Å². The topological polar surface area (TPSA) is 68.3 Å². The number of methoxy groups -OCH3 is 1. The van der Waals surface area contributed by atoms with E-state index in [0.29, 0.717) is 4.47 Å². The normalized spacial score (nSPS) is 11.2. The van der Waals surface area contributed by atoms with Gasteiger partial charge in [-0.05, 0) is 36.8 Å². The van der Waals surface area contributed by atoms with E-state index in [1.54, 1.807) is 31.3 Å². The van der Waals surface area contributed by atoms with E-state index in [4.69, 9.17) is 16.3 Å². The van der Waals surface area contributed by atoms with Crippen molar-refractivity contribution >= 4 is 43.2 Å². The maximum absolute atomic E-state index is 12.5. The lowest BCUT2D eigenvalue weighted by Gasteiger charge is -2.13. The van der Waals surface area contributed by atoms with Gasteiger partial charge in [-0.25, -0.2) is 13.4 Å². The average molecular weight is 392 g/mol. The molecule has 1 N–H and O–H groups in total. The Hall–Kier alpha value is -1.31. The van der Waals surface area contributed by atoms with Gasteiger partial charge in [0.2, 0.25) is 0 Å². The molecule has 0 atom stereocenters. The van der Waals surface area contributed by atoms with Gasteiger partial charge in [0.25, 0.3) is 10.0 Å². The third-order valence-corrected chi connectivity index (χ3v) is 4.82. The van der Waals surface area contributed by atoms with E-state index in [9.17, 15) is 8.42 Å². The van der Waals surface area contributed by atoms with E-state index >= 15 is 0 Å². The summed E-state index contributed by atoms with van der Waals surface area (Å²) in [5, 5.41) is 0.0816.